The van der Waals surface area contributed by atoms with Gasteiger partial charge in [-0.3, -0.25) is 9.59 Å². The molecule has 2 amide bonds. The third-order valence-corrected chi connectivity index (χ3v) is 7.29. The number of benzene rings is 2. The fourth-order valence-electron chi connectivity index (χ4n) is 5.39. The standard InChI is InChI=1S/C30H36N2O8/c1-18(35)7-6-10-25(36)32(16-19-8-4-3-5-9-19)23-15-22(30(38)31-11-12-33)26-21-13-20(17-34)14-24(39-2)28(21)40-29(26)27(23)37/h3-5,8-9,13-15,23,26-27,29,33-34,37H,6-7,10-12,16-17H2,1-2H3,(H,31,38)/t23-,26+,27+,29+/m1/s1. The number of hydrogen-bond donors (Lipinski definition) is 4. The molecule has 4 rings (SSSR count). The van der Waals surface area contributed by atoms with Crippen LogP contribution in [0.15, 0.2) is 54.1 Å². The first kappa shape index (κ1) is 29.3. The molecule has 2 aliphatic rings. The highest BCUT2D eigenvalue weighted by molar-refractivity contribution is 5.96. The van der Waals surface area contributed by atoms with Crippen molar-refractivity contribution < 1.29 is 39.2 Å². The molecule has 1 heterocycles. The molecule has 0 radical (unpaired) electrons. The third-order valence-electron chi connectivity index (χ3n) is 7.29. The number of ether oxygens (including phenoxy) is 2. The van der Waals surface area contributed by atoms with Crippen LogP contribution in [-0.4, -0.2) is 76.3 Å². The van der Waals surface area contributed by atoms with Gasteiger partial charge in [0.05, 0.1) is 32.3 Å². The van der Waals surface area contributed by atoms with Gasteiger partial charge in [0, 0.05) is 37.1 Å². The summed E-state index contributed by atoms with van der Waals surface area (Å²) in [6.07, 6.45) is 0.184. The third kappa shape index (κ3) is 6.19. The molecule has 214 valence electrons. The zero-order chi connectivity index (χ0) is 28.8. The predicted molar refractivity (Wildman–Crippen MR) is 146 cm³/mol. The Hall–Kier alpha value is -3.73. The van der Waals surface area contributed by atoms with Gasteiger partial charge in [-0.2, -0.15) is 0 Å². The number of nitrogens with one attached hydrogen (secondary N) is 1. The fourth-order valence-corrected chi connectivity index (χ4v) is 5.39. The minimum absolute atomic E-state index is 0.0148. The maximum atomic E-state index is 13.6. The number of ketones is 1. The molecular weight excluding hydrogens is 516 g/mol. The quantitative estimate of drug-likeness (QED) is 0.311. The average molecular weight is 553 g/mol. The van der Waals surface area contributed by atoms with E-state index in [-0.39, 0.29) is 56.4 Å². The van der Waals surface area contributed by atoms with E-state index in [1.165, 1.54) is 18.9 Å². The molecule has 0 bridgehead atoms. The van der Waals surface area contributed by atoms with Crippen LogP contribution in [0.3, 0.4) is 0 Å². The molecule has 0 fully saturated rings. The first-order valence-corrected chi connectivity index (χ1v) is 13.4. The Morgan fingerprint density at radius 2 is 1.82 bits per heavy atom. The second kappa shape index (κ2) is 13.1. The van der Waals surface area contributed by atoms with E-state index in [9.17, 15) is 29.7 Å². The Morgan fingerprint density at radius 3 is 2.48 bits per heavy atom. The number of carbonyl (C=O) groups excluding carboxylic acids is 3. The molecule has 40 heavy (non-hydrogen) atoms. The lowest BCUT2D eigenvalue weighted by atomic mass is 9.77. The monoisotopic (exact) mass is 552 g/mol. The van der Waals surface area contributed by atoms with Crippen LogP contribution in [0.25, 0.3) is 0 Å². The van der Waals surface area contributed by atoms with Gasteiger partial charge in [-0.1, -0.05) is 30.3 Å². The lowest BCUT2D eigenvalue weighted by molar-refractivity contribution is -0.138. The van der Waals surface area contributed by atoms with Crippen molar-refractivity contribution >= 4 is 17.6 Å². The summed E-state index contributed by atoms with van der Waals surface area (Å²) >= 11 is 0. The molecule has 10 heteroatoms. The summed E-state index contributed by atoms with van der Waals surface area (Å²) in [6.45, 7) is 1.14. The first-order valence-electron chi connectivity index (χ1n) is 13.4. The summed E-state index contributed by atoms with van der Waals surface area (Å²) in [5, 5.41) is 33.5. The topological polar surface area (TPSA) is 146 Å². The fraction of sp³-hybridized carbons (Fsp3) is 0.433. The van der Waals surface area contributed by atoms with Gasteiger partial charge in [0.2, 0.25) is 11.8 Å². The van der Waals surface area contributed by atoms with Gasteiger partial charge < -0.3 is 39.8 Å². The van der Waals surface area contributed by atoms with Crippen molar-refractivity contribution in [3.8, 4) is 11.5 Å². The molecule has 0 aromatic heterocycles. The van der Waals surface area contributed by atoms with E-state index in [1.54, 1.807) is 18.2 Å². The number of amides is 2. The smallest absolute Gasteiger partial charge is 0.247 e. The summed E-state index contributed by atoms with van der Waals surface area (Å²) in [6, 6.07) is 11.7. The molecule has 0 spiro atoms. The molecule has 10 nitrogen and oxygen atoms in total. The Bertz CT molecular complexity index is 1260. The van der Waals surface area contributed by atoms with Crippen LogP contribution in [-0.2, 0) is 27.5 Å². The van der Waals surface area contributed by atoms with Crippen LogP contribution >= 0.6 is 0 Å². The minimum atomic E-state index is -1.21. The molecule has 0 unspecified atom stereocenters. The molecule has 1 aliphatic carbocycles. The van der Waals surface area contributed by atoms with Gasteiger partial charge in [0.15, 0.2) is 11.5 Å². The van der Waals surface area contributed by atoms with Crippen molar-refractivity contribution in [3.63, 3.8) is 0 Å². The Balaban J connectivity index is 1.78. The summed E-state index contributed by atoms with van der Waals surface area (Å²) in [5.74, 6) is -0.733. The van der Waals surface area contributed by atoms with Crippen molar-refractivity contribution in [3.05, 3.63) is 70.8 Å². The average Bonchev–Trinajstić information content (AvgIpc) is 3.35. The molecule has 0 saturated heterocycles. The highest BCUT2D eigenvalue weighted by Crippen LogP contribution is 2.51. The van der Waals surface area contributed by atoms with Crippen LogP contribution in [0.1, 0.15) is 48.8 Å². The molecule has 2 aromatic rings. The van der Waals surface area contributed by atoms with E-state index in [0.717, 1.165) is 5.56 Å². The number of Topliss-reactive ketones (excluding diaryl/α,β-unsaturated/α-hetero) is 1. The van der Waals surface area contributed by atoms with Crippen LogP contribution in [0.4, 0.5) is 0 Å². The van der Waals surface area contributed by atoms with Crippen molar-refractivity contribution in [2.24, 2.45) is 0 Å². The molecule has 1 aliphatic heterocycles. The number of methoxy groups -OCH3 is 1. The van der Waals surface area contributed by atoms with Crippen LogP contribution in [0.5, 0.6) is 11.5 Å². The second-order valence-electron chi connectivity index (χ2n) is 10.1. The van der Waals surface area contributed by atoms with Gasteiger partial charge in [-0.15, -0.1) is 0 Å². The zero-order valence-corrected chi connectivity index (χ0v) is 22.7. The normalized spacial score (nSPS) is 21.0. The van der Waals surface area contributed by atoms with Crippen molar-refractivity contribution in [1.29, 1.82) is 0 Å². The number of hydrogen-bond acceptors (Lipinski definition) is 8. The van der Waals surface area contributed by atoms with Crippen molar-refractivity contribution in [1.82, 2.24) is 10.2 Å². The Kier molecular flexibility index (Phi) is 9.57. The van der Waals surface area contributed by atoms with E-state index in [0.29, 0.717) is 29.0 Å². The van der Waals surface area contributed by atoms with E-state index in [1.807, 2.05) is 30.3 Å². The van der Waals surface area contributed by atoms with Crippen molar-refractivity contribution in [2.45, 2.75) is 63.5 Å². The van der Waals surface area contributed by atoms with Gasteiger partial charge in [-0.25, -0.2) is 0 Å². The van der Waals surface area contributed by atoms with E-state index in [4.69, 9.17) is 9.47 Å². The van der Waals surface area contributed by atoms with Gasteiger partial charge in [-0.05, 0) is 42.7 Å². The SMILES string of the molecule is COc1cc(CO)cc2c1O[C@@H]1[C@@H](O)[C@H](N(Cc3ccccc3)C(=O)CCCC(C)=O)C=C(C(=O)NCCO)[C@H]21. The number of nitrogens with zero attached hydrogens (tertiary/aromatic N) is 1. The van der Waals surface area contributed by atoms with E-state index in [2.05, 4.69) is 5.32 Å². The molecular formula is C30H36N2O8. The lowest BCUT2D eigenvalue weighted by Gasteiger charge is -2.41. The number of carbonyl (C=O) groups is 3. The Labute approximate surface area is 233 Å². The van der Waals surface area contributed by atoms with Gasteiger partial charge in [0.25, 0.3) is 0 Å². The van der Waals surface area contributed by atoms with Gasteiger partial charge >= 0.3 is 0 Å². The summed E-state index contributed by atoms with van der Waals surface area (Å²) in [5.41, 5.74) is 2.25. The van der Waals surface area contributed by atoms with Crippen molar-refractivity contribution in [2.75, 3.05) is 20.3 Å². The number of rotatable bonds is 12. The molecule has 2 aromatic carbocycles. The minimum Gasteiger partial charge on any atom is -0.493 e. The first-order chi connectivity index (χ1) is 19.3. The highest BCUT2D eigenvalue weighted by Gasteiger charge is 2.51. The zero-order valence-electron chi connectivity index (χ0n) is 22.7. The number of aliphatic hydroxyl groups is 3. The van der Waals surface area contributed by atoms with E-state index >= 15 is 0 Å². The maximum Gasteiger partial charge on any atom is 0.247 e. The van der Waals surface area contributed by atoms with Gasteiger partial charge in [0.1, 0.15) is 18.0 Å². The van der Waals surface area contributed by atoms with Crippen LogP contribution in [0, 0.1) is 0 Å². The summed E-state index contributed by atoms with van der Waals surface area (Å²) in [7, 11) is 1.47. The number of aliphatic hydroxyl groups excluding tert-OH is 3. The summed E-state index contributed by atoms with van der Waals surface area (Å²) in [4.78, 5) is 40.0. The number of fused-ring (bicyclic) bond motifs is 3. The highest BCUT2D eigenvalue weighted by atomic mass is 16.5. The largest absolute Gasteiger partial charge is 0.493 e. The second-order valence-corrected chi connectivity index (χ2v) is 10.1. The molecule has 4 N–H and O–H groups in total. The lowest BCUT2D eigenvalue weighted by Crippen LogP contribution is -2.55. The molecule has 4 atom stereocenters. The van der Waals surface area contributed by atoms with Crippen LogP contribution in [0.2, 0.25) is 0 Å². The van der Waals surface area contributed by atoms with E-state index < -0.39 is 30.1 Å². The maximum absolute atomic E-state index is 13.6. The Morgan fingerprint density at radius 1 is 1.07 bits per heavy atom. The van der Waals surface area contributed by atoms with Crippen LogP contribution < -0.4 is 14.8 Å². The molecule has 0 saturated carbocycles. The summed E-state index contributed by atoms with van der Waals surface area (Å²) < 4.78 is 11.7. The predicted octanol–water partition coefficient (Wildman–Crippen LogP) is 1.60.